The van der Waals surface area contributed by atoms with Gasteiger partial charge in [-0.1, -0.05) is 0 Å². The van der Waals surface area contributed by atoms with Crippen LogP contribution in [-0.4, -0.2) is 40.8 Å². The predicted molar refractivity (Wildman–Crippen MR) is 93.0 cm³/mol. The van der Waals surface area contributed by atoms with Gasteiger partial charge in [-0.2, -0.15) is 0 Å². The van der Waals surface area contributed by atoms with Crippen LogP contribution in [0.4, 0.5) is 10.1 Å². The molecule has 0 unspecified atom stereocenters. The monoisotopic (exact) mass is 345 g/mol. The first-order valence-electron chi connectivity index (χ1n) is 8.54. The summed E-state index contributed by atoms with van der Waals surface area (Å²) in [7, 11) is 0. The fraction of sp³-hybridized carbons (Fsp3) is 0.444. The number of nitrogens with zero attached hydrogens (tertiary/aromatic N) is 2. The Hall–Kier alpha value is -2.41. The fourth-order valence-electron chi connectivity index (χ4n) is 3.70. The Morgan fingerprint density at radius 3 is 2.80 bits per heavy atom. The van der Waals surface area contributed by atoms with E-state index in [0.717, 1.165) is 25.9 Å². The van der Waals surface area contributed by atoms with E-state index in [4.69, 9.17) is 0 Å². The van der Waals surface area contributed by atoms with Gasteiger partial charge in [-0.3, -0.25) is 4.79 Å². The number of carboxylic acids is 1. The summed E-state index contributed by atoms with van der Waals surface area (Å²) in [4.78, 5) is 25.7. The van der Waals surface area contributed by atoms with Gasteiger partial charge >= 0.3 is 5.97 Å². The number of aryl methyl sites for hydroxylation is 1. The molecule has 1 aromatic carbocycles. The van der Waals surface area contributed by atoms with Gasteiger partial charge in [0.1, 0.15) is 11.4 Å². The van der Waals surface area contributed by atoms with E-state index < -0.39 is 17.2 Å². The van der Waals surface area contributed by atoms with Crippen LogP contribution in [0.2, 0.25) is 0 Å². The molecule has 2 heterocycles. The first-order valence-corrected chi connectivity index (χ1v) is 8.54. The number of aromatic carboxylic acids is 1. The fourth-order valence-corrected chi connectivity index (χ4v) is 3.70. The van der Waals surface area contributed by atoms with Crippen LogP contribution in [0.1, 0.15) is 30.1 Å². The molecule has 1 aliphatic carbocycles. The highest BCUT2D eigenvalue weighted by Crippen LogP contribution is 2.39. The Morgan fingerprint density at radius 1 is 1.40 bits per heavy atom. The second kappa shape index (κ2) is 5.56. The molecular formula is C18H20FN3O3. The summed E-state index contributed by atoms with van der Waals surface area (Å²) < 4.78 is 16.5. The Bertz CT molecular complexity index is 933. The molecule has 0 amide bonds. The molecule has 0 radical (unpaired) electrons. The maximum Gasteiger partial charge on any atom is 0.341 e. The number of carbonyl (C=O) groups is 1. The van der Waals surface area contributed by atoms with Gasteiger partial charge in [0.2, 0.25) is 5.43 Å². The van der Waals surface area contributed by atoms with Gasteiger partial charge in [0, 0.05) is 43.3 Å². The van der Waals surface area contributed by atoms with Gasteiger partial charge < -0.3 is 19.9 Å². The number of nitrogens with one attached hydrogen (secondary N) is 1. The highest BCUT2D eigenvalue weighted by Gasteiger charge is 2.45. The van der Waals surface area contributed by atoms with Crippen molar-refractivity contribution < 1.29 is 14.3 Å². The van der Waals surface area contributed by atoms with E-state index >= 15 is 0 Å². The maximum atomic E-state index is 14.8. The minimum absolute atomic E-state index is 0.108. The molecule has 2 aromatic rings. The highest BCUT2D eigenvalue weighted by atomic mass is 19.1. The summed E-state index contributed by atoms with van der Waals surface area (Å²) in [6.45, 7) is 4.61. The van der Waals surface area contributed by atoms with E-state index in [2.05, 4.69) is 5.32 Å². The van der Waals surface area contributed by atoms with Crippen LogP contribution >= 0.6 is 0 Å². The largest absolute Gasteiger partial charge is 0.477 e. The van der Waals surface area contributed by atoms with Crippen molar-refractivity contribution in [2.24, 2.45) is 0 Å². The SMILES string of the molecule is CCn1cc(C(=O)O)c(=O)c2cc(F)c(N3CCNC4(CC4)C3)cc21. The topological polar surface area (TPSA) is 74.6 Å². The molecule has 132 valence electrons. The van der Waals surface area contributed by atoms with E-state index in [1.807, 2.05) is 11.8 Å². The Labute approximate surface area is 143 Å². The Morgan fingerprint density at radius 2 is 2.16 bits per heavy atom. The molecule has 6 nitrogen and oxygen atoms in total. The zero-order valence-electron chi connectivity index (χ0n) is 14.0. The number of piperazine rings is 1. The number of pyridine rings is 1. The first kappa shape index (κ1) is 16.1. The first-order chi connectivity index (χ1) is 11.9. The summed E-state index contributed by atoms with van der Waals surface area (Å²) in [6, 6.07) is 2.87. The van der Waals surface area contributed by atoms with Gasteiger partial charge in [-0.25, -0.2) is 9.18 Å². The third kappa shape index (κ3) is 2.59. The van der Waals surface area contributed by atoms with Gasteiger partial charge in [-0.15, -0.1) is 0 Å². The molecule has 2 N–H and O–H groups in total. The zero-order valence-corrected chi connectivity index (χ0v) is 14.0. The minimum Gasteiger partial charge on any atom is -0.477 e. The van der Waals surface area contributed by atoms with E-state index in [9.17, 15) is 19.1 Å². The van der Waals surface area contributed by atoms with Crippen molar-refractivity contribution in [2.75, 3.05) is 24.5 Å². The van der Waals surface area contributed by atoms with Crippen LogP contribution < -0.4 is 15.6 Å². The molecule has 0 bridgehead atoms. The second-order valence-electron chi connectivity index (χ2n) is 6.91. The number of rotatable bonds is 3. The van der Waals surface area contributed by atoms with Crippen molar-refractivity contribution >= 4 is 22.6 Å². The lowest BCUT2D eigenvalue weighted by Crippen LogP contribution is -2.52. The van der Waals surface area contributed by atoms with Crippen LogP contribution in [0.3, 0.4) is 0 Å². The van der Waals surface area contributed by atoms with E-state index in [-0.39, 0.29) is 16.5 Å². The normalized spacial score (nSPS) is 18.7. The third-order valence-electron chi connectivity index (χ3n) is 5.29. The quantitative estimate of drug-likeness (QED) is 0.887. The Balaban J connectivity index is 1.87. The molecule has 2 aliphatic rings. The molecule has 2 fully saturated rings. The van der Waals surface area contributed by atoms with Crippen LogP contribution in [0.25, 0.3) is 10.9 Å². The molecule has 1 saturated carbocycles. The minimum atomic E-state index is -1.30. The zero-order chi connectivity index (χ0) is 17.8. The highest BCUT2D eigenvalue weighted by molar-refractivity contribution is 5.93. The number of hydrogen-bond donors (Lipinski definition) is 2. The van der Waals surface area contributed by atoms with E-state index in [0.29, 0.717) is 24.3 Å². The lowest BCUT2D eigenvalue weighted by Gasteiger charge is -2.36. The van der Waals surface area contributed by atoms with E-state index in [1.54, 1.807) is 10.6 Å². The molecular weight excluding hydrogens is 325 g/mol. The average Bonchev–Trinajstić information content (AvgIpc) is 3.33. The lowest BCUT2D eigenvalue weighted by molar-refractivity contribution is 0.0695. The maximum absolute atomic E-state index is 14.8. The number of hydrogen-bond acceptors (Lipinski definition) is 4. The number of fused-ring (bicyclic) bond motifs is 1. The Kier molecular flexibility index (Phi) is 3.57. The van der Waals surface area contributed by atoms with Crippen molar-refractivity contribution in [3.63, 3.8) is 0 Å². The van der Waals surface area contributed by atoms with Crippen molar-refractivity contribution in [1.29, 1.82) is 0 Å². The summed E-state index contributed by atoms with van der Waals surface area (Å²) in [5.41, 5.74) is 0.177. The van der Waals surface area contributed by atoms with Gasteiger partial charge in [0.25, 0.3) is 0 Å². The van der Waals surface area contributed by atoms with Crippen molar-refractivity contribution in [1.82, 2.24) is 9.88 Å². The molecule has 7 heteroatoms. The standard InChI is InChI=1S/C18H20FN3O3/c1-2-21-9-12(17(24)25)16(23)11-7-13(19)15(8-14(11)21)22-6-5-20-18(10-22)3-4-18/h7-9,20H,2-6,10H2,1H3,(H,24,25). The summed E-state index contributed by atoms with van der Waals surface area (Å²) >= 11 is 0. The third-order valence-corrected chi connectivity index (χ3v) is 5.29. The number of benzene rings is 1. The summed E-state index contributed by atoms with van der Waals surface area (Å²) in [6.07, 6.45) is 3.54. The molecule has 4 rings (SSSR count). The van der Waals surface area contributed by atoms with Crippen molar-refractivity contribution in [2.45, 2.75) is 31.8 Å². The number of carboxylic acid groups (broad SMARTS) is 1. The van der Waals surface area contributed by atoms with Crippen LogP contribution in [-0.2, 0) is 6.54 Å². The molecule has 25 heavy (non-hydrogen) atoms. The molecule has 1 aliphatic heterocycles. The van der Waals surface area contributed by atoms with E-state index in [1.165, 1.54) is 12.3 Å². The average molecular weight is 345 g/mol. The van der Waals surface area contributed by atoms with Gasteiger partial charge in [0.15, 0.2) is 0 Å². The molecule has 1 saturated heterocycles. The molecule has 1 aromatic heterocycles. The summed E-state index contributed by atoms with van der Waals surface area (Å²) in [5.74, 6) is -1.77. The molecule has 0 atom stereocenters. The molecule has 1 spiro atoms. The smallest absolute Gasteiger partial charge is 0.341 e. The van der Waals surface area contributed by atoms with Crippen LogP contribution in [0, 0.1) is 5.82 Å². The predicted octanol–water partition coefficient (Wildman–Crippen LogP) is 1.80. The number of aromatic nitrogens is 1. The van der Waals surface area contributed by atoms with Crippen LogP contribution in [0.5, 0.6) is 0 Å². The number of anilines is 1. The van der Waals surface area contributed by atoms with Crippen molar-refractivity contribution in [3.05, 3.63) is 39.9 Å². The van der Waals surface area contributed by atoms with Gasteiger partial charge in [0.05, 0.1) is 11.2 Å². The van der Waals surface area contributed by atoms with Gasteiger partial charge in [-0.05, 0) is 31.9 Å². The lowest BCUT2D eigenvalue weighted by atomic mass is 10.1. The number of halogens is 1. The van der Waals surface area contributed by atoms with Crippen LogP contribution in [0.15, 0.2) is 23.1 Å². The summed E-state index contributed by atoms with van der Waals surface area (Å²) in [5, 5.41) is 12.8. The van der Waals surface area contributed by atoms with Crippen molar-refractivity contribution in [3.8, 4) is 0 Å². The second-order valence-corrected chi connectivity index (χ2v) is 6.91.